The van der Waals surface area contributed by atoms with E-state index in [1.807, 2.05) is 61.5 Å². The molecule has 1 atom stereocenters. The van der Waals surface area contributed by atoms with Crippen LogP contribution < -0.4 is 10.2 Å². The predicted molar refractivity (Wildman–Crippen MR) is 108 cm³/mol. The first-order valence-corrected chi connectivity index (χ1v) is 9.34. The highest BCUT2D eigenvalue weighted by atomic mass is 16.2. The number of rotatable bonds is 4. The van der Waals surface area contributed by atoms with Gasteiger partial charge in [0.25, 0.3) is 11.8 Å². The van der Waals surface area contributed by atoms with E-state index >= 15 is 0 Å². The van der Waals surface area contributed by atoms with Crippen molar-refractivity contribution in [2.45, 2.75) is 19.4 Å². The Morgan fingerprint density at radius 1 is 1.00 bits per heavy atom. The first-order valence-electron chi connectivity index (χ1n) is 9.34. The van der Waals surface area contributed by atoms with Crippen molar-refractivity contribution in [2.75, 3.05) is 11.4 Å². The molecule has 1 N–H and O–H groups in total. The summed E-state index contributed by atoms with van der Waals surface area (Å²) in [5.74, 6) is -0.386. The molecule has 0 saturated heterocycles. The summed E-state index contributed by atoms with van der Waals surface area (Å²) in [6, 6.07) is 19.1. The molecule has 5 heteroatoms. The lowest BCUT2D eigenvalue weighted by Gasteiger charge is -2.18. The maximum absolute atomic E-state index is 13.0. The zero-order valence-corrected chi connectivity index (χ0v) is 15.6. The third-order valence-electron chi connectivity index (χ3n) is 5.03. The summed E-state index contributed by atoms with van der Waals surface area (Å²) in [5.41, 5.74) is 3.90. The molecule has 0 fully saturated rings. The second-order valence-corrected chi connectivity index (χ2v) is 6.90. The topological polar surface area (TPSA) is 62.3 Å². The van der Waals surface area contributed by atoms with Gasteiger partial charge < -0.3 is 10.2 Å². The smallest absolute Gasteiger partial charge is 0.259 e. The van der Waals surface area contributed by atoms with E-state index in [2.05, 4.69) is 10.3 Å². The summed E-state index contributed by atoms with van der Waals surface area (Å²) in [6.07, 6.45) is 3.84. The molecule has 2 amide bonds. The highest BCUT2D eigenvalue weighted by Gasteiger charge is 2.26. The monoisotopic (exact) mass is 371 g/mol. The number of carbonyl (C=O) groups is 2. The normalized spacial score (nSPS) is 13.7. The van der Waals surface area contributed by atoms with Crippen molar-refractivity contribution >= 4 is 17.5 Å². The molecule has 5 nitrogen and oxygen atoms in total. The maximum atomic E-state index is 13.0. The minimum Gasteiger partial charge on any atom is -0.345 e. The summed E-state index contributed by atoms with van der Waals surface area (Å²) in [6.45, 7) is 2.57. The Hall–Kier alpha value is -3.47. The molecular formula is C23H21N3O2. The summed E-state index contributed by atoms with van der Waals surface area (Å²) in [7, 11) is 0. The average Bonchev–Trinajstić information content (AvgIpc) is 3.18. The Kier molecular flexibility index (Phi) is 4.89. The van der Waals surface area contributed by atoms with Gasteiger partial charge in [-0.3, -0.25) is 14.6 Å². The van der Waals surface area contributed by atoms with E-state index in [1.54, 1.807) is 11.0 Å². The number of hydrogen-bond donors (Lipinski definition) is 1. The summed E-state index contributed by atoms with van der Waals surface area (Å²) in [5, 5.41) is 2.96. The van der Waals surface area contributed by atoms with Crippen molar-refractivity contribution in [1.82, 2.24) is 10.3 Å². The molecule has 0 radical (unpaired) electrons. The third kappa shape index (κ3) is 3.51. The highest BCUT2D eigenvalue weighted by molar-refractivity contribution is 6.08. The molecule has 4 rings (SSSR count). The lowest BCUT2D eigenvalue weighted by atomic mass is 10.1. The number of para-hydroxylation sites is 1. The Balaban J connectivity index is 1.52. The van der Waals surface area contributed by atoms with Crippen molar-refractivity contribution in [3.63, 3.8) is 0 Å². The molecule has 1 aromatic heterocycles. The lowest BCUT2D eigenvalue weighted by molar-refractivity contribution is 0.0939. The fourth-order valence-corrected chi connectivity index (χ4v) is 3.49. The summed E-state index contributed by atoms with van der Waals surface area (Å²) >= 11 is 0. The van der Waals surface area contributed by atoms with Crippen LogP contribution in [0.15, 0.2) is 73.1 Å². The quantitative estimate of drug-likeness (QED) is 0.759. The van der Waals surface area contributed by atoms with Crippen molar-refractivity contribution in [3.8, 4) is 0 Å². The van der Waals surface area contributed by atoms with Crippen molar-refractivity contribution in [2.24, 2.45) is 0 Å². The molecule has 3 aromatic rings. The number of anilines is 1. The SMILES string of the molecule is CC(NC(=O)c1cncc(C(=O)N2CCc3ccccc32)c1)c1ccccc1. The number of fused-ring (bicyclic) bond motifs is 1. The van der Waals surface area contributed by atoms with Gasteiger partial charge >= 0.3 is 0 Å². The van der Waals surface area contributed by atoms with Crippen molar-refractivity contribution in [1.29, 1.82) is 0 Å². The van der Waals surface area contributed by atoms with Gasteiger partial charge in [-0.15, -0.1) is 0 Å². The molecule has 2 aromatic carbocycles. The molecule has 0 saturated carbocycles. The molecule has 1 aliphatic heterocycles. The predicted octanol–water partition coefficient (Wildman–Crippen LogP) is 3.78. The van der Waals surface area contributed by atoms with Crippen LogP contribution in [0.2, 0.25) is 0 Å². The Bertz CT molecular complexity index is 1020. The van der Waals surface area contributed by atoms with E-state index in [4.69, 9.17) is 0 Å². The third-order valence-corrected chi connectivity index (χ3v) is 5.03. The van der Waals surface area contributed by atoms with Gasteiger partial charge in [-0.25, -0.2) is 0 Å². The molecule has 0 spiro atoms. The Morgan fingerprint density at radius 3 is 2.54 bits per heavy atom. The second-order valence-electron chi connectivity index (χ2n) is 6.90. The van der Waals surface area contributed by atoms with Crippen molar-refractivity contribution in [3.05, 3.63) is 95.3 Å². The fourth-order valence-electron chi connectivity index (χ4n) is 3.49. The fraction of sp³-hybridized carbons (Fsp3) is 0.174. The maximum Gasteiger partial charge on any atom is 0.259 e. The van der Waals surface area contributed by atoms with Crippen LogP contribution in [0, 0.1) is 0 Å². The van der Waals surface area contributed by atoms with Gasteiger partial charge in [-0.05, 0) is 36.6 Å². The van der Waals surface area contributed by atoms with Gasteiger partial charge in [-0.1, -0.05) is 48.5 Å². The molecular weight excluding hydrogens is 350 g/mol. The lowest BCUT2D eigenvalue weighted by Crippen LogP contribution is -2.30. The van der Waals surface area contributed by atoms with Crippen LogP contribution in [0.4, 0.5) is 5.69 Å². The van der Waals surface area contributed by atoms with Gasteiger partial charge in [0.05, 0.1) is 17.2 Å². The summed E-state index contributed by atoms with van der Waals surface area (Å²) < 4.78 is 0. The van der Waals surface area contributed by atoms with Crippen LogP contribution in [0.25, 0.3) is 0 Å². The number of benzene rings is 2. The number of pyridine rings is 1. The standard InChI is InChI=1S/C23H21N3O2/c1-16(17-7-3-2-4-8-17)25-22(27)19-13-20(15-24-14-19)23(28)26-12-11-18-9-5-6-10-21(18)26/h2-10,13-16H,11-12H2,1H3,(H,25,27). The van der Waals surface area contributed by atoms with Crippen LogP contribution in [0.1, 0.15) is 44.8 Å². The number of hydrogen-bond acceptors (Lipinski definition) is 3. The Labute approximate surface area is 164 Å². The first kappa shape index (κ1) is 17.9. The van der Waals surface area contributed by atoms with Gasteiger partial charge in [0.2, 0.25) is 0 Å². The van der Waals surface area contributed by atoms with Crippen LogP contribution in [-0.2, 0) is 6.42 Å². The van der Waals surface area contributed by atoms with Gasteiger partial charge in [0.1, 0.15) is 0 Å². The van der Waals surface area contributed by atoms with Crippen LogP contribution in [0.5, 0.6) is 0 Å². The number of nitrogens with zero attached hydrogens (tertiary/aromatic N) is 2. The number of nitrogens with one attached hydrogen (secondary N) is 1. The van der Waals surface area contributed by atoms with E-state index in [1.165, 1.54) is 12.4 Å². The molecule has 0 aliphatic carbocycles. The van der Waals surface area contributed by atoms with Gasteiger partial charge in [0, 0.05) is 24.6 Å². The zero-order chi connectivity index (χ0) is 19.5. The zero-order valence-electron chi connectivity index (χ0n) is 15.6. The average molecular weight is 371 g/mol. The molecule has 0 bridgehead atoms. The number of carbonyl (C=O) groups excluding carboxylic acids is 2. The largest absolute Gasteiger partial charge is 0.345 e. The molecule has 1 unspecified atom stereocenters. The van der Waals surface area contributed by atoms with E-state index in [-0.39, 0.29) is 17.9 Å². The van der Waals surface area contributed by atoms with Gasteiger partial charge in [0.15, 0.2) is 0 Å². The van der Waals surface area contributed by atoms with Crippen LogP contribution in [0.3, 0.4) is 0 Å². The van der Waals surface area contributed by atoms with E-state index in [0.717, 1.165) is 23.2 Å². The van der Waals surface area contributed by atoms with Crippen LogP contribution in [-0.4, -0.2) is 23.3 Å². The van der Waals surface area contributed by atoms with E-state index < -0.39 is 0 Å². The molecule has 140 valence electrons. The highest BCUT2D eigenvalue weighted by Crippen LogP contribution is 2.28. The first-order chi connectivity index (χ1) is 13.6. The van der Waals surface area contributed by atoms with Gasteiger partial charge in [-0.2, -0.15) is 0 Å². The second kappa shape index (κ2) is 7.64. The Morgan fingerprint density at radius 2 is 1.71 bits per heavy atom. The molecule has 2 heterocycles. The molecule has 1 aliphatic rings. The summed E-state index contributed by atoms with van der Waals surface area (Å²) in [4.78, 5) is 31.5. The van der Waals surface area contributed by atoms with E-state index in [9.17, 15) is 9.59 Å². The van der Waals surface area contributed by atoms with Crippen LogP contribution >= 0.6 is 0 Å². The number of amides is 2. The number of aromatic nitrogens is 1. The van der Waals surface area contributed by atoms with Crippen molar-refractivity contribution < 1.29 is 9.59 Å². The minimum absolute atomic E-state index is 0.136. The minimum atomic E-state index is -0.250. The van der Waals surface area contributed by atoms with E-state index in [0.29, 0.717) is 17.7 Å². The molecule has 28 heavy (non-hydrogen) atoms.